The number of nitrogens with one attached hydrogen (secondary N) is 1. The SMILES string of the molecule is C/C(O)=C(\N=N\c1ccccc1N=O)C(=O)Nc1ccccc1. The van der Waals surface area contributed by atoms with Crippen LogP contribution in [0.4, 0.5) is 17.1 Å². The van der Waals surface area contributed by atoms with Crippen LogP contribution in [0.25, 0.3) is 0 Å². The molecule has 1 amide bonds. The Morgan fingerprint density at radius 3 is 2.22 bits per heavy atom. The molecule has 0 aromatic heterocycles. The fourth-order valence-corrected chi connectivity index (χ4v) is 1.72. The van der Waals surface area contributed by atoms with Gasteiger partial charge >= 0.3 is 0 Å². The molecule has 23 heavy (non-hydrogen) atoms. The molecular formula is C16H14N4O3. The van der Waals surface area contributed by atoms with Gasteiger partial charge < -0.3 is 10.4 Å². The molecule has 7 nitrogen and oxygen atoms in total. The molecule has 0 saturated heterocycles. The molecule has 0 aliphatic carbocycles. The number of nitroso groups, excluding NO2 is 1. The molecule has 0 heterocycles. The van der Waals surface area contributed by atoms with Crippen molar-refractivity contribution >= 4 is 23.0 Å². The molecule has 0 fully saturated rings. The molecular weight excluding hydrogens is 296 g/mol. The quantitative estimate of drug-likeness (QED) is 0.365. The summed E-state index contributed by atoms with van der Waals surface area (Å²) in [6.07, 6.45) is 0. The van der Waals surface area contributed by atoms with Gasteiger partial charge in [-0.15, -0.1) is 15.1 Å². The van der Waals surface area contributed by atoms with E-state index in [1.165, 1.54) is 19.1 Å². The molecule has 7 heteroatoms. The second kappa shape index (κ2) is 7.60. The monoisotopic (exact) mass is 310 g/mol. The minimum atomic E-state index is -0.614. The van der Waals surface area contributed by atoms with Crippen LogP contribution in [-0.4, -0.2) is 11.0 Å². The fourth-order valence-electron chi connectivity index (χ4n) is 1.72. The van der Waals surface area contributed by atoms with E-state index >= 15 is 0 Å². The lowest BCUT2D eigenvalue weighted by molar-refractivity contribution is -0.113. The summed E-state index contributed by atoms with van der Waals surface area (Å²) in [4.78, 5) is 22.9. The van der Waals surface area contributed by atoms with Crippen LogP contribution >= 0.6 is 0 Å². The number of para-hydroxylation sites is 1. The van der Waals surface area contributed by atoms with Crippen molar-refractivity contribution < 1.29 is 9.90 Å². The van der Waals surface area contributed by atoms with Crippen molar-refractivity contribution in [3.63, 3.8) is 0 Å². The second-order valence-corrected chi connectivity index (χ2v) is 4.53. The highest BCUT2D eigenvalue weighted by molar-refractivity contribution is 6.03. The molecule has 0 aliphatic heterocycles. The van der Waals surface area contributed by atoms with Crippen molar-refractivity contribution in [1.29, 1.82) is 0 Å². The number of rotatable bonds is 5. The van der Waals surface area contributed by atoms with E-state index < -0.39 is 5.91 Å². The number of carbonyl (C=O) groups excluding carboxylic acids is 1. The lowest BCUT2D eigenvalue weighted by Gasteiger charge is -2.05. The van der Waals surface area contributed by atoms with Gasteiger partial charge in [0.2, 0.25) is 0 Å². The largest absolute Gasteiger partial charge is 0.510 e. The van der Waals surface area contributed by atoms with Crippen molar-refractivity contribution in [2.24, 2.45) is 15.4 Å². The lowest BCUT2D eigenvalue weighted by atomic mass is 10.3. The third kappa shape index (κ3) is 4.31. The maximum absolute atomic E-state index is 12.2. The third-order valence-electron chi connectivity index (χ3n) is 2.83. The zero-order valence-electron chi connectivity index (χ0n) is 12.3. The molecule has 0 spiro atoms. The summed E-state index contributed by atoms with van der Waals surface area (Å²) in [7, 11) is 0. The Hall–Kier alpha value is -3.35. The number of aliphatic hydroxyl groups excluding tert-OH is 1. The first-order valence-electron chi connectivity index (χ1n) is 6.72. The van der Waals surface area contributed by atoms with E-state index in [0.29, 0.717) is 5.69 Å². The topological polar surface area (TPSA) is 103 Å². The van der Waals surface area contributed by atoms with E-state index in [-0.39, 0.29) is 22.8 Å². The Morgan fingerprint density at radius 2 is 1.61 bits per heavy atom. The summed E-state index contributed by atoms with van der Waals surface area (Å²) >= 11 is 0. The van der Waals surface area contributed by atoms with Gasteiger partial charge in [-0.3, -0.25) is 4.79 Å². The predicted octanol–water partition coefficient (Wildman–Crippen LogP) is 4.60. The molecule has 0 bridgehead atoms. The van der Waals surface area contributed by atoms with Gasteiger partial charge in [-0.05, 0) is 36.4 Å². The Balaban J connectivity index is 2.23. The van der Waals surface area contributed by atoms with Crippen LogP contribution in [-0.2, 0) is 4.79 Å². The number of nitrogens with zero attached hydrogens (tertiary/aromatic N) is 3. The molecule has 0 unspecified atom stereocenters. The second-order valence-electron chi connectivity index (χ2n) is 4.53. The summed E-state index contributed by atoms with van der Waals surface area (Å²) in [6.45, 7) is 1.32. The maximum Gasteiger partial charge on any atom is 0.279 e. The van der Waals surface area contributed by atoms with Crippen LogP contribution in [0.3, 0.4) is 0 Å². The van der Waals surface area contributed by atoms with E-state index in [1.54, 1.807) is 36.4 Å². The Morgan fingerprint density at radius 1 is 1.00 bits per heavy atom. The summed E-state index contributed by atoms with van der Waals surface area (Å²) in [6, 6.07) is 15.0. The molecule has 0 radical (unpaired) electrons. The summed E-state index contributed by atoms with van der Waals surface area (Å²) in [5, 5.41) is 22.6. The van der Waals surface area contributed by atoms with E-state index in [4.69, 9.17) is 0 Å². The minimum Gasteiger partial charge on any atom is -0.510 e. The number of hydrogen-bond acceptors (Lipinski definition) is 6. The highest BCUT2D eigenvalue weighted by Crippen LogP contribution is 2.27. The van der Waals surface area contributed by atoms with Crippen LogP contribution in [0, 0.1) is 4.91 Å². The Bertz CT molecular complexity index is 766. The average Bonchev–Trinajstić information content (AvgIpc) is 2.56. The highest BCUT2D eigenvalue weighted by atomic mass is 16.3. The predicted molar refractivity (Wildman–Crippen MR) is 86.8 cm³/mol. The average molecular weight is 310 g/mol. The Kier molecular flexibility index (Phi) is 5.30. The number of amides is 1. The maximum atomic E-state index is 12.2. The Labute approximate surface area is 132 Å². The van der Waals surface area contributed by atoms with Crippen LogP contribution < -0.4 is 5.32 Å². The number of carbonyl (C=O) groups is 1. The molecule has 0 atom stereocenters. The number of azo groups is 1. The molecule has 2 aromatic rings. The molecule has 2 rings (SSSR count). The van der Waals surface area contributed by atoms with Gasteiger partial charge in [-0.25, -0.2) is 0 Å². The van der Waals surface area contributed by atoms with Gasteiger partial charge in [-0.2, -0.15) is 0 Å². The molecule has 2 aromatic carbocycles. The van der Waals surface area contributed by atoms with Gasteiger partial charge in [-0.1, -0.05) is 30.3 Å². The fraction of sp³-hybridized carbons (Fsp3) is 0.0625. The normalized spacial score (nSPS) is 11.9. The van der Waals surface area contributed by atoms with E-state index in [1.807, 2.05) is 6.07 Å². The first kappa shape index (κ1) is 16.0. The van der Waals surface area contributed by atoms with Gasteiger partial charge in [0.25, 0.3) is 5.91 Å². The van der Waals surface area contributed by atoms with Gasteiger partial charge in [0.15, 0.2) is 5.70 Å². The summed E-state index contributed by atoms with van der Waals surface area (Å²) < 4.78 is 0. The molecule has 0 saturated carbocycles. The van der Waals surface area contributed by atoms with Crippen molar-refractivity contribution in [2.45, 2.75) is 6.92 Å². The van der Waals surface area contributed by atoms with Gasteiger partial charge in [0.05, 0.1) is 0 Å². The first-order chi connectivity index (χ1) is 11.1. The first-order valence-corrected chi connectivity index (χ1v) is 6.72. The number of allylic oxidation sites excluding steroid dienone is 1. The zero-order chi connectivity index (χ0) is 16.7. The smallest absolute Gasteiger partial charge is 0.279 e. The van der Waals surface area contributed by atoms with E-state index in [9.17, 15) is 14.8 Å². The molecule has 0 aliphatic rings. The summed E-state index contributed by atoms with van der Waals surface area (Å²) in [5.74, 6) is -0.907. The van der Waals surface area contributed by atoms with Gasteiger partial charge in [0.1, 0.15) is 17.1 Å². The zero-order valence-corrected chi connectivity index (χ0v) is 12.3. The number of benzene rings is 2. The van der Waals surface area contributed by atoms with Crippen molar-refractivity contribution in [3.05, 3.63) is 71.0 Å². The van der Waals surface area contributed by atoms with Crippen molar-refractivity contribution in [3.8, 4) is 0 Å². The van der Waals surface area contributed by atoms with Crippen LogP contribution in [0.1, 0.15) is 6.92 Å². The summed E-state index contributed by atoms with van der Waals surface area (Å²) in [5.41, 5.74) is 0.597. The molecule has 116 valence electrons. The third-order valence-corrected chi connectivity index (χ3v) is 2.83. The van der Waals surface area contributed by atoms with Crippen molar-refractivity contribution in [2.75, 3.05) is 5.32 Å². The van der Waals surface area contributed by atoms with Crippen molar-refractivity contribution in [1.82, 2.24) is 0 Å². The highest BCUT2D eigenvalue weighted by Gasteiger charge is 2.13. The van der Waals surface area contributed by atoms with Crippen LogP contribution in [0.5, 0.6) is 0 Å². The standard InChI is InChI=1S/C16H14N4O3/c1-11(21)15(16(22)17-12-7-3-2-4-8-12)19-18-13-9-5-6-10-14(13)20-23/h2-10,21H,1H3,(H,17,22)/b15-11+,19-18+. The van der Waals surface area contributed by atoms with E-state index in [0.717, 1.165) is 0 Å². The van der Waals surface area contributed by atoms with Gasteiger partial charge in [0, 0.05) is 5.69 Å². The molecule has 2 N–H and O–H groups in total. The number of aliphatic hydroxyl groups is 1. The number of anilines is 1. The minimum absolute atomic E-state index is 0.0923. The van der Waals surface area contributed by atoms with Crippen LogP contribution in [0.15, 0.2) is 81.5 Å². The number of hydrogen-bond donors (Lipinski definition) is 2. The van der Waals surface area contributed by atoms with Crippen LogP contribution in [0.2, 0.25) is 0 Å². The lowest BCUT2D eigenvalue weighted by Crippen LogP contribution is -2.14. The van der Waals surface area contributed by atoms with E-state index in [2.05, 4.69) is 20.7 Å².